The fourth-order valence-electron chi connectivity index (χ4n) is 0.348. The third-order valence-corrected chi connectivity index (χ3v) is 3.03. The van der Waals surface area contributed by atoms with Gasteiger partial charge in [0.1, 0.15) is 0 Å². The van der Waals surface area contributed by atoms with Crippen LogP contribution in [0.2, 0.25) is 0 Å². The van der Waals surface area contributed by atoms with Gasteiger partial charge in [-0.3, -0.25) is 0 Å². The van der Waals surface area contributed by atoms with E-state index < -0.39 is 0 Å². The average Bonchev–Trinajstić information content (AvgIpc) is 1.77. The highest BCUT2D eigenvalue weighted by Crippen LogP contribution is 2.39. The van der Waals surface area contributed by atoms with Gasteiger partial charge >= 0.3 is 0 Å². The van der Waals surface area contributed by atoms with E-state index in [9.17, 15) is 0 Å². The SMILES string of the molecule is C=C1C=CC(=C)SS1. The van der Waals surface area contributed by atoms with Crippen molar-refractivity contribution >= 4 is 21.6 Å². The molecule has 0 nitrogen and oxygen atoms in total. The highest BCUT2D eigenvalue weighted by atomic mass is 33.1. The lowest BCUT2D eigenvalue weighted by Gasteiger charge is -2.04. The molecule has 1 aliphatic heterocycles. The molecule has 0 saturated carbocycles. The van der Waals surface area contributed by atoms with E-state index in [0.717, 1.165) is 9.81 Å². The summed E-state index contributed by atoms with van der Waals surface area (Å²) < 4.78 is 0. The largest absolute Gasteiger partial charge is 0.0845 e. The molecule has 1 aliphatic rings. The molecule has 0 aromatic carbocycles. The Bertz CT molecular complexity index is 138. The molecule has 2 heteroatoms. The Labute approximate surface area is 57.1 Å². The summed E-state index contributed by atoms with van der Waals surface area (Å²) in [6.07, 6.45) is 3.95. The number of hydrogen-bond acceptors (Lipinski definition) is 2. The topological polar surface area (TPSA) is 0 Å². The zero-order valence-electron chi connectivity index (χ0n) is 4.39. The molecule has 0 N–H and O–H groups in total. The van der Waals surface area contributed by atoms with Crippen LogP contribution in [0, 0.1) is 0 Å². The first-order chi connectivity index (χ1) is 3.79. The van der Waals surface area contributed by atoms with Gasteiger partial charge in [0.15, 0.2) is 0 Å². The van der Waals surface area contributed by atoms with Crippen molar-refractivity contribution < 1.29 is 0 Å². The number of allylic oxidation sites excluding steroid dienone is 2. The second-order valence-corrected chi connectivity index (χ2v) is 3.81. The zero-order chi connectivity index (χ0) is 5.98. The van der Waals surface area contributed by atoms with Gasteiger partial charge in [0.25, 0.3) is 0 Å². The molecule has 0 atom stereocenters. The lowest BCUT2D eigenvalue weighted by molar-refractivity contribution is 1.90. The van der Waals surface area contributed by atoms with Crippen molar-refractivity contribution in [3.05, 3.63) is 35.1 Å². The van der Waals surface area contributed by atoms with E-state index in [0.29, 0.717) is 0 Å². The molecule has 0 bridgehead atoms. The first-order valence-corrected chi connectivity index (χ1v) is 4.34. The molecule has 0 spiro atoms. The second-order valence-electron chi connectivity index (χ2n) is 1.43. The molecule has 1 rings (SSSR count). The van der Waals surface area contributed by atoms with E-state index in [-0.39, 0.29) is 0 Å². The Morgan fingerprint density at radius 1 is 1.00 bits per heavy atom. The van der Waals surface area contributed by atoms with Crippen LogP contribution in [0.25, 0.3) is 0 Å². The summed E-state index contributed by atoms with van der Waals surface area (Å²) in [5.41, 5.74) is 0. The molecule has 0 aliphatic carbocycles. The maximum absolute atomic E-state index is 3.76. The molecule has 0 saturated heterocycles. The van der Waals surface area contributed by atoms with Gasteiger partial charge in [0.2, 0.25) is 0 Å². The van der Waals surface area contributed by atoms with E-state index in [1.165, 1.54) is 0 Å². The van der Waals surface area contributed by atoms with Crippen LogP contribution >= 0.6 is 21.6 Å². The fraction of sp³-hybridized carbons (Fsp3) is 0. The highest BCUT2D eigenvalue weighted by Gasteiger charge is 1.98. The minimum absolute atomic E-state index is 1.10. The summed E-state index contributed by atoms with van der Waals surface area (Å²) >= 11 is 0. The Kier molecular flexibility index (Phi) is 1.86. The summed E-state index contributed by atoms with van der Waals surface area (Å²) in [7, 11) is 3.32. The van der Waals surface area contributed by atoms with Crippen molar-refractivity contribution in [1.29, 1.82) is 0 Å². The van der Waals surface area contributed by atoms with Crippen LogP contribution in [0.5, 0.6) is 0 Å². The van der Waals surface area contributed by atoms with Gasteiger partial charge in [0, 0.05) is 9.81 Å². The van der Waals surface area contributed by atoms with E-state index in [1.807, 2.05) is 12.2 Å². The highest BCUT2D eigenvalue weighted by molar-refractivity contribution is 8.79. The molecule has 0 unspecified atom stereocenters. The zero-order valence-corrected chi connectivity index (χ0v) is 6.02. The van der Waals surface area contributed by atoms with Gasteiger partial charge < -0.3 is 0 Å². The van der Waals surface area contributed by atoms with Gasteiger partial charge in [-0.2, -0.15) is 0 Å². The first-order valence-electron chi connectivity index (χ1n) is 2.19. The van der Waals surface area contributed by atoms with Crippen LogP contribution in [0.4, 0.5) is 0 Å². The van der Waals surface area contributed by atoms with Crippen LogP contribution in [0.15, 0.2) is 35.1 Å². The second kappa shape index (κ2) is 2.46. The first kappa shape index (κ1) is 6.05. The summed E-state index contributed by atoms with van der Waals surface area (Å²) in [5.74, 6) is 0. The maximum Gasteiger partial charge on any atom is 0.0114 e. The quantitative estimate of drug-likeness (QED) is 0.477. The molecule has 0 radical (unpaired) electrons. The minimum atomic E-state index is 1.10. The van der Waals surface area contributed by atoms with E-state index >= 15 is 0 Å². The van der Waals surface area contributed by atoms with Crippen LogP contribution in [-0.4, -0.2) is 0 Å². The molecular weight excluding hydrogens is 136 g/mol. The van der Waals surface area contributed by atoms with Crippen molar-refractivity contribution in [2.45, 2.75) is 0 Å². The summed E-state index contributed by atoms with van der Waals surface area (Å²) in [4.78, 5) is 2.20. The smallest absolute Gasteiger partial charge is 0.0114 e. The molecule has 0 aromatic rings. The van der Waals surface area contributed by atoms with Crippen molar-refractivity contribution in [2.75, 3.05) is 0 Å². The predicted molar refractivity (Wildman–Crippen MR) is 42.6 cm³/mol. The summed E-state index contributed by atoms with van der Waals surface area (Å²) in [6, 6.07) is 0. The number of rotatable bonds is 0. The van der Waals surface area contributed by atoms with Gasteiger partial charge in [-0.15, -0.1) is 0 Å². The van der Waals surface area contributed by atoms with Crippen molar-refractivity contribution in [3.63, 3.8) is 0 Å². The minimum Gasteiger partial charge on any atom is -0.0845 e. The van der Waals surface area contributed by atoms with Crippen LogP contribution < -0.4 is 0 Å². The lowest BCUT2D eigenvalue weighted by atomic mass is 10.5. The standard InChI is InChI=1S/C6H6S2/c1-5-3-4-6(2)8-7-5/h3-4H,1-2H2. The number of hydrogen-bond donors (Lipinski definition) is 0. The van der Waals surface area contributed by atoms with Gasteiger partial charge in [-0.05, 0) is 12.2 Å². The lowest BCUT2D eigenvalue weighted by Crippen LogP contribution is -1.71. The van der Waals surface area contributed by atoms with Crippen LogP contribution in [0.3, 0.4) is 0 Å². The van der Waals surface area contributed by atoms with E-state index in [4.69, 9.17) is 0 Å². The van der Waals surface area contributed by atoms with Crippen LogP contribution in [-0.2, 0) is 0 Å². The fourth-order valence-corrected chi connectivity index (χ4v) is 1.79. The maximum atomic E-state index is 3.76. The summed E-state index contributed by atoms with van der Waals surface area (Å²) in [6.45, 7) is 7.53. The normalized spacial score (nSPS) is 19.5. The van der Waals surface area contributed by atoms with Gasteiger partial charge in [0.05, 0.1) is 0 Å². The van der Waals surface area contributed by atoms with Crippen molar-refractivity contribution in [2.24, 2.45) is 0 Å². The third kappa shape index (κ3) is 1.46. The monoisotopic (exact) mass is 142 g/mol. The molecule has 0 aromatic heterocycles. The van der Waals surface area contributed by atoms with Crippen molar-refractivity contribution in [3.8, 4) is 0 Å². The summed E-state index contributed by atoms with van der Waals surface area (Å²) in [5, 5.41) is 0. The Balaban J connectivity index is 2.68. The Hall–Kier alpha value is -0.0800. The van der Waals surface area contributed by atoms with Gasteiger partial charge in [-0.1, -0.05) is 34.7 Å². The molecule has 0 fully saturated rings. The molecular formula is C6H6S2. The molecule has 42 valence electrons. The Morgan fingerprint density at radius 3 is 1.62 bits per heavy atom. The van der Waals surface area contributed by atoms with E-state index in [1.54, 1.807) is 21.6 Å². The van der Waals surface area contributed by atoms with E-state index in [2.05, 4.69) is 13.2 Å². The van der Waals surface area contributed by atoms with Gasteiger partial charge in [-0.25, -0.2) is 0 Å². The van der Waals surface area contributed by atoms with Crippen molar-refractivity contribution in [1.82, 2.24) is 0 Å². The Morgan fingerprint density at radius 2 is 1.38 bits per heavy atom. The third-order valence-electron chi connectivity index (χ3n) is 0.711. The average molecular weight is 142 g/mol. The molecule has 0 amide bonds. The molecule has 8 heavy (non-hydrogen) atoms. The van der Waals surface area contributed by atoms with Crippen LogP contribution in [0.1, 0.15) is 0 Å². The molecule has 1 heterocycles. The predicted octanol–water partition coefficient (Wildman–Crippen LogP) is 2.97.